The number of aromatic nitrogens is 1. The second-order valence-corrected chi connectivity index (χ2v) is 8.59. The van der Waals surface area contributed by atoms with Crippen molar-refractivity contribution in [2.75, 3.05) is 0 Å². The lowest BCUT2D eigenvalue weighted by atomic mass is 9.87. The van der Waals surface area contributed by atoms with Crippen molar-refractivity contribution in [3.05, 3.63) is 89.2 Å². The quantitative estimate of drug-likeness (QED) is 0.705. The van der Waals surface area contributed by atoms with Crippen molar-refractivity contribution in [3.8, 4) is 0 Å². The fraction of sp³-hybridized carbons (Fsp3) is 0.190. The first kappa shape index (κ1) is 16.8. The summed E-state index contributed by atoms with van der Waals surface area (Å²) in [4.78, 5) is 13.1. The van der Waals surface area contributed by atoms with Crippen LogP contribution in [0.3, 0.4) is 0 Å². The van der Waals surface area contributed by atoms with Gasteiger partial charge in [-0.05, 0) is 36.2 Å². The summed E-state index contributed by atoms with van der Waals surface area (Å²) in [5.41, 5.74) is 3.07. The Bertz CT molecular complexity index is 1080. The van der Waals surface area contributed by atoms with E-state index in [2.05, 4.69) is 0 Å². The largest absolute Gasteiger partial charge is 0.292 e. The number of hydrogen-bond acceptors (Lipinski definition) is 3. The summed E-state index contributed by atoms with van der Waals surface area (Å²) in [5, 5.41) is 0. The highest BCUT2D eigenvalue weighted by Crippen LogP contribution is 2.43. The van der Waals surface area contributed by atoms with Gasteiger partial charge in [0, 0.05) is 18.0 Å². The molecule has 2 aromatic carbocycles. The standard InChI is InChI=1S/C21H19NO3S/c1-14-8-10-17(11-9-14)26(24,25)22-13-12-18-19(15(2)21(23)20(18)22)16-6-4-3-5-7-16/h3-13,15,19H,1-2H3/t15-,19+/m1/s1. The SMILES string of the molecule is Cc1ccc(S(=O)(=O)n2ccc3c2C(=O)[C@H](C)[C@H]3c2ccccc2)cc1. The second kappa shape index (κ2) is 5.95. The minimum atomic E-state index is -3.80. The molecule has 0 aliphatic heterocycles. The summed E-state index contributed by atoms with van der Waals surface area (Å²) in [7, 11) is -3.80. The number of aryl methyl sites for hydroxylation is 1. The van der Waals surface area contributed by atoms with E-state index in [1.54, 1.807) is 30.3 Å². The van der Waals surface area contributed by atoms with Crippen LogP contribution in [0.25, 0.3) is 0 Å². The number of Topliss-reactive ketones (excluding diaryl/α,β-unsaturated/α-hetero) is 1. The first-order chi connectivity index (χ1) is 12.4. The first-order valence-electron chi connectivity index (χ1n) is 8.54. The molecule has 0 fully saturated rings. The number of hydrogen-bond donors (Lipinski definition) is 0. The fourth-order valence-corrected chi connectivity index (χ4v) is 5.08. The van der Waals surface area contributed by atoms with Gasteiger partial charge in [0.1, 0.15) is 5.69 Å². The van der Waals surface area contributed by atoms with Gasteiger partial charge in [0.15, 0.2) is 5.78 Å². The molecule has 1 aliphatic rings. The molecule has 2 atom stereocenters. The molecule has 1 aromatic heterocycles. The maximum absolute atomic E-state index is 13.1. The van der Waals surface area contributed by atoms with E-state index in [1.807, 2.05) is 44.2 Å². The van der Waals surface area contributed by atoms with Crippen LogP contribution < -0.4 is 0 Å². The fourth-order valence-electron chi connectivity index (χ4n) is 3.72. The van der Waals surface area contributed by atoms with Gasteiger partial charge in [0.25, 0.3) is 10.0 Å². The van der Waals surface area contributed by atoms with Crippen LogP contribution >= 0.6 is 0 Å². The normalized spacial score (nSPS) is 19.5. The Morgan fingerprint density at radius 2 is 1.58 bits per heavy atom. The van der Waals surface area contributed by atoms with Gasteiger partial charge in [0.05, 0.1) is 4.90 Å². The second-order valence-electron chi connectivity index (χ2n) is 6.77. The molecule has 0 saturated heterocycles. The van der Waals surface area contributed by atoms with Crippen molar-refractivity contribution in [1.82, 2.24) is 3.97 Å². The van der Waals surface area contributed by atoms with E-state index < -0.39 is 10.0 Å². The molecule has 0 unspecified atom stereocenters. The minimum absolute atomic E-state index is 0.117. The topological polar surface area (TPSA) is 56.1 Å². The molecule has 4 rings (SSSR count). The van der Waals surface area contributed by atoms with E-state index >= 15 is 0 Å². The third kappa shape index (κ3) is 2.42. The van der Waals surface area contributed by atoms with Crippen molar-refractivity contribution in [3.63, 3.8) is 0 Å². The third-order valence-corrected chi connectivity index (χ3v) is 6.79. The molecule has 132 valence electrons. The molecule has 0 bridgehead atoms. The van der Waals surface area contributed by atoms with Gasteiger partial charge in [-0.25, -0.2) is 12.4 Å². The van der Waals surface area contributed by atoms with E-state index in [0.717, 1.165) is 20.7 Å². The number of rotatable bonds is 3. The Kier molecular flexibility index (Phi) is 3.84. The van der Waals surface area contributed by atoms with E-state index in [9.17, 15) is 13.2 Å². The first-order valence-corrected chi connectivity index (χ1v) is 9.98. The Morgan fingerprint density at radius 3 is 2.23 bits per heavy atom. The van der Waals surface area contributed by atoms with Gasteiger partial charge in [-0.2, -0.15) is 0 Å². The lowest BCUT2D eigenvalue weighted by Crippen LogP contribution is -2.19. The third-order valence-electron chi connectivity index (χ3n) is 5.10. The summed E-state index contributed by atoms with van der Waals surface area (Å²) in [6.07, 6.45) is 1.50. The average molecular weight is 365 g/mol. The number of ketones is 1. The molecule has 1 aliphatic carbocycles. The molecule has 26 heavy (non-hydrogen) atoms. The summed E-state index contributed by atoms with van der Waals surface area (Å²) >= 11 is 0. The highest BCUT2D eigenvalue weighted by atomic mass is 32.2. The van der Waals surface area contributed by atoms with Crippen molar-refractivity contribution < 1.29 is 13.2 Å². The number of fused-ring (bicyclic) bond motifs is 1. The molecule has 0 amide bonds. The van der Waals surface area contributed by atoms with E-state index in [1.165, 1.54) is 6.20 Å². The predicted molar refractivity (Wildman–Crippen MR) is 100.0 cm³/mol. The number of carbonyl (C=O) groups excluding carboxylic acids is 1. The van der Waals surface area contributed by atoms with E-state index in [-0.39, 0.29) is 28.2 Å². The van der Waals surface area contributed by atoms with E-state index in [4.69, 9.17) is 0 Å². The zero-order valence-corrected chi connectivity index (χ0v) is 15.4. The van der Waals surface area contributed by atoms with Crippen LogP contribution in [-0.2, 0) is 10.0 Å². The van der Waals surface area contributed by atoms with Crippen LogP contribution in [0.4, 0.5) is 0 Å². The van der Waals surface area contributed by atoms with Gasteiger partial charge >= 0.3 is 0 Å². The predicted octanol–water partition coefficient (Wildman–Crippen LogP) is 4.00. The van der Waals surface area contributed by atoms with Gasteiger partial charge in [-0.15, -0.1) is 0 Å². The highest BCUT2D eigenvalue weighted by molar-refractivity contribution is 7.90. The lowest BCUT2D eigenvalue weighted by Gasteiger charge is -2.15. The molecule has 5 heteroatoms. The van der Waals surface area contributed by atoms with Crippen LogP contribution in [0.15, 0.2) is 71.8 Å². The van der Waals surface area contributed by atoms with Crippen LogP contribution in [0, 0.1) is 12.8 Å². The highest BCUT2D eigenvalue weighted by Gasteiger charge is 2.42. The molecule has 4 nitrogen and oxygen atoms in total. The molecular formula is C21H19NO3S. The zero-order valence-electron chi connectivity index (χ0n) is 14.6. The summed E-state index contributed by atoms with van der Waals surface area (Å²) < 4.78 is 27.3. The van der Waals surface area contributed by atoms with Crippen molar-refractivity contribution in [2.45, 2.75) is 24.7 Å². The Hall–Kier alpha value is -2.66. The van der Waals surface area contributed by atoms with Crippen molar-refractivity contribution in [1.29, 1.82) is 0 Å². The van der Waals surface area contributed by atoms with E-state index in [0.29, 0.717) is 0 Å². The van der Waals surface area contributed by atoms with Crippen LogP contribution in [0.1, 0.15) is 40.0 Å². The van der Waals surface area contributed by atoms with Crippen molar-refractivity contribution >= 4 is 15.8 Å². The Morgan fingerprint density at radius 1 is 0.923 bits per heavy atom. The number of benzene rings is 2. The number of carbonyl (C=O) groups is 1. The minimum Gasteiger partial charge on any atom is -0.292 e. The smallest absolute Gasteiger partial charge is 0.268 e. The lowest BCUT2D eigenvalue weighted by molar-refractivity contribution is 0.0934. The molecule has 0 saturated carbocycles. The van der Waals surface area contributed by atoms with Crippen molar-refractivity contribution in [2.24, 2.45) is 5.92 Å². The van der Waals surface area contributed by atoms with Crippen LogP contribution in [-0.4, -0.2) is 18.2 Å². The molecule has 0 radical (unpaired) electrons. The molecule has 0 N–H and O–H groups in total. The summed E-state index contributed by atoms with van der Waals surface area (Å²) in [6.45, 7) is 3.77. The monoisotopic (exact) mass is 365 g/mol. The maximum Gasteiger partial charge on any atom is 0.268 e. The Balaban J connectivity index is 1.86. The summed E-state index contributed by atoms with van der Waals surface area (Å²) in [6, 6.07) is 18.2. The average Bonchev–Trinajstić information content (AvgIpc) is 3.16. The van der Waals surface area contributed by atoms with Gasteiger partial charge in [-0.1, -0.05) is 55.0 Å². The van der Waals surface area contributed by atoms with Crippen LogP contribution in [0.5, 0.6) is 0 Å². The molecular weight excluding hydrogens is 346 g/mol. The molecule has 0 spiro atoms. The number of nitrogens with zero attached hydrogens (tertiary/aromatic N) is 1. The van der Waals surface area contributed by atoms with Gasteiger partial charge in [0.2, 0.25) is 0 Å². The summed E-state index contributed by atoms with van der Waals surface area (Å²) in [5.74, 6) is -0.536. The Labute approximate surface area is 153 Å². The van der Waals surface area contributed by atoms with Gasteiger partial charge < -0.3 is 0 Å². The molecule has 1 heterocycles. The van der Waals surface area contributed by atoms with Crippen LogP contribution in [0.2, 0.25) is 0 Å². The van der Waals surface area contributed by atoms with Gasteiger partial charge in [-0.3, -0.25) is 4.79 Å². The maximum atomic E-state index is 13.1. The molecule has 3 aromatic rings. The zero-order chi connectivity index (χ0) is 18.5.